The van der Waals surface area contributed by atoms with Crippen LogP contribution >= 0.6 is 0 Å². The number of carbonyl (C=O) groups is 2. The first-order valence-electron chi connectivity index (χ1n) is 8.13. The lowest BCUT2D eigenvalue weighted by Crippen LogP contribution is -2.27. The molecule has 6 heteroatoms. The van der Waals surface area contributed by atoms with Gasteiger partial charge in [0.25, 0.3) is 11.8 Å². The predicted molar refractivity (Wildman–Crippen MR) is 96.9 cm³/mol. The molecule has 2 N–H and O–H groups in total. The van der Waals surface area contributed by atoms with Gasteiger partial charge in [0.05, 0.1) is 0 Å². The minimum absolute atomic E-state index is 0.198. The molecule has 25 heavy (non-hydrogen) atoms. The summed E-state index contributed by atoms with van der Waals surface area (Å²) >= 11 is 0. The third-order valence-electron chi connectivity index (χ3n) is 3.50. The van der Waals surface area contributed by atoms with Crippen molar-refractivity contribution in [1.82, 2.24) is 10.3 Å². The molecule has 0 saturated carbocycles. The minimum Gasteiger partial charge on any atom is -0.385 e. The number of ether oxygens (including phenoxy) is 1. The van der Waals surface area contributed by atoms with Crippen molar-refractivity contribution >= 4 is 17.5 Å². The molecular formula is C19H23N3O3. The Kier molecular flexibility index (Phi) is 6.65. The fourth-order valence-corrected chi connectivity index (χ4v) is 2.44. The molecule has 2 rings (SSSR count). The molecule has 0 saturated heterocycles. The Morgan fingerprint density at radius 2 is 1.68 bits per heavy atom. The first-order chi connectivity index (χ1) is 12.0. The topological polar surface area (TPSA) is 80.3 Å². The Morgan fingerprint density at radius 3 is 2.32 bits per heavy atom. The van der Waals surface area contributed by atoms with Crippen LogP contribution in [0.25, 0.3) is 0 Å². The molecule has 2 aromatic rings. The maximum absolute atomic E-state index is 12.4. The summed E-state index contributed by atoms with van der Waals surface area (Å²) in [5, 5.41) is 5.57. The average Bonchev–Trinajstić information content (AvgIpc) is 2.57. The highest BCUT2D eigenvalue weighted by atomic mass is 16.5. The second-order valence-electron chi connectivity index (χ2n) is 5.84. The quantitative estimate of drug-likeness (QED) is 0.759. The lowest BCUT2D eigenvalue weighted by Gasteiger charge is -2.08. The van der Waals surface area contributed by atoms with Crippen LogP contribution in [0.3, 0.4) is 0 Å². The van der Waals surface area contributed by atoms with Crippen LogP contribution in [-0.4, -0.2) is 37.1 Å². The Morgan fingerprint density at radius 1 is 1.04 bits per heavy atom. The lowest BCUT2D eigenvalue weighted by molar-refractivity contribution is 0.0943. The molecule has 0 spiro atoms. The van der Waals surface area contributed by atoms with Crippen molar-refractivity contribution in [2.45, 2.75) is 20.3 Å². The number of amides is 2. The summed E-state index contributed by atoms with van der Waals surface area (Å²) in [7, 11) is 1.61. The molecule has 132 valence electrons. The molecule has 0 radical (unpaired) electrons. The molecule has 0 aliphatic carbocycles. The van der Waals surface area contributed by atoms with Gasteiger partial charge in [-0.25, -0.2) is 4.98 Å². The zero-order valence-electron chi connectivity index (χ0n) is 14.8. The number of carbonyl (C=O) groups excluding carboxylic acids is 2. The number of methoxy groups -OCH3 is 1. The van der Waals surface area contributed by atoms with E-state index in [4.69, 9.17) is 4.74 Å². The van der Waals surface area contributed by atoms with Gasteiger partial charge in [0.15, 0.2) is 0 Å². The zero-order chi connectivity index (χ0) is 18.2. The average molecular weight is 341 g/mol. The highest BCUT2D eigenvalue weighted by molar-refractivity contribution is 6.03. The summed E-state index contributed by atoms with van der Waals surface area (Å²) in [6.45, 7) is 5.00. The van der Waals surface area contributed by atoms with Crippen LogP contribution in [0.4, 0.5) is 5.69 Å². The van der Waals surface area contributed by atoms with E-state index < -0.39 is 0 Å². The summed E-state index contributed by atoms with van der Waals surface area (Å²) in [6.07, 6.45) is 0.717. The van der Waals surface area contributed by atoms with Crippen molar-refractivity contribution in [2.75, 3.05) is 25.6 Å². The van der Waals surface area contributed by atoms with Gasteiger partial charge in [-0.15, -0.1) is 0 Å². The van der Waals surface area contributed by atoms with Crippen LogP contribution < -0.4 is 10.6 Å². The molecule has 0 fully saturated rings. The smallest absolute Gasteiger partial charge is 0.274 e. The van der Waals surface area contributed by atoms with Gasteiger partial charge >= 0.3 is 0 Å². The summed E-state index contributed by atoms with van der Waals surface area (Å²) in [5.74, 6) is -0.656. The Balaban J connectivity index is 2.04. The normalized spacial score (nSPS) is 10.4. The minimum atomic E-state index is -0.348. The second kappa shape index (κ2) is 8.94. The van der Waals surface area contributed by atoms with Gasteiger partial charge in [-0.2, -0.15) is 0 Å². The fourth-order valence-electron chi connectivity index (χ4n) is 2.44. The number of nitrogens with zero attached hydrogens (tertiary/aromatic N) is 1. The lowest BCUT2D eigenvalue weighted by atomic mass is 10.1. The highest BCUT2D eigenvalue weighted by Crippen LogP contribution is 2.14. The van der Waals surface area contributed by atoms with Gasteiger partial charge in [-0.1, -0.05) is 12.1 Å². The Bertz CT molecular complexity index is 739. The molecule has 1 heterocycles. The molecule has 6 nitrogen and oxygen atoms in total. The molecule has 0 unspecified atom stereocenters. The summed E-state index contributed by atoms with van der Waals surface area (Å²) < 4.78 is 4.93. The maximum Gasteiger partial charge on any atom is 0.274 e. The fraction of sp³-hybridized carbons (Fsp3) is 0.316. The van der Waals surface area contributed by atoms with Crippen LogP contribution in [0.15, 0.2) is 36.4 Å². The predicted octanol–water partition coefficient (Wildman–Crippen LogP) is 2.72. The number of nitrogens with one attached hydrogen (secondary N) is 2. The molecule has 1 aromatic carbocycles. The van der Waals surface area contributed by atoms with Crippen LogP contribution in [-0.2, 0) is 4.74 Å². The van der Waals surface area contributed by atoms with E-state index >= 15 is 0 Å². The number of hydrogen-bond donors (Lipinski definition) is 2. The molecule has 2 amide bonds. The van der Waals surface area contributed by atoms with Crippen LogP contribution in [0.5, 0.6) is 0 Å². The summed E-state index contributed by atoms with van der Waals surface area (Å²) in [4.78, 5) is 28.6. The van der Waals surface area contributed by atoms with Crippen LogP contribution in [0, 0.1) is 13.8 Å². The van der Waals surface area contributed by atoms with Gasteiger partial charge in [0.1, 0.15) is 11.4 Å². The SMILES string of the molecule is COCCCNC(=O)c1cccc(C(=O)Nc2cc(C)cc(C)c2)n1. The monoisotopic (exact) mass is 341 g/mol. The van der Waals surface area contributed by atoms with E-state index in [0.29, 0.717) is 18.8 Å². The van der Waals surface area contributed by atoms with E-state index in [0.717, 1.165) is 17.5 Å². The van der Waals surface area contributed by atoms with Crippen molar-refractivity contribution in [2.24, 2.45) is 0 Å². The van der Waals surface area contributed by atoms with Crippen molar-refractivity contribution in [3.05, 3.63) is 58.9 Å². The number of hydrogen-bond acceptors (Lipinski definition) is 4. The summed E-state index contributed by atoms with van der Waals surface area (Å²) in [5.41, 5.74) is 3.24. The van der Waals surface area contributed by atoms with E-state index in [9.17, 15) is 9.59 Å². The maximum atomic E-state index is 12.4. The van der Waals surface area contributed by atoms with Gasteiger partial charge < -0.3 is 15.4 Å². The van der Waals surface area contributed by atoms with E-state index in [1.807, 2.05) is 32.0 Å². The molecule has 0 aliphatic heterocycles. The molecule has 0 atom stereocenters. The Labute approximate surface area is 147 Å². The number of rotatable bonds is 7. The third-order valence-corrected chi connectivity index (χ3v) is 3.50. The van der Waals surface area contributed by atoms with E-state index in [1.54, 1.807) is 25.3 Å². The first kappa shape index (κ1) is 18.6. The van der Waals surface area contributed by atoms with Gasteiger partial charge in [0.2, 0.25) is 0 Å². The second-order valence-corrected chi connectivity index (χ2v) is 5.84. The largest absolute Gasteiger partial charge is 0.385 e. The number of anilines is 1. The number of aryl methyl sites for hydroxylation is 2. The molecule has 1 aromatic heterocycles. The van der Waals surface area contributed by atoms with Gasteiger partial charge in [-0.05, 0) is 55.7 Å². The van der Waals surface area contributed by atoms with Gasteiger partial charge in [-0.3, -0.25) is 9.59 Å². The first-order valence-corrected chi connectivity index (χ1v) is 8.13. The van der Waals surface area contributed by atoms with Crippen molar-refractivity contribution < 1.29 is 14.3 Å². The summed E-state index contributed by atoms with van der Waals surface area (Å²) in [6, 6.07) is 10.6. The number of benzene rings is 1. The van der Waals surface area contributed by atoms with E-state index in [2.05, 4.69) is 15.6 Å². The highest BCUT2D eigenvalue weighted by Gasteiger charge is 2.12. The molecule has 0 bridgehead atoms. The van der Waals surface area contributed by atoms with Gasteiger partial charge in [0, 0.05) is 25.9 Å². The van der Waals surface area contributed by atoms with Crippen LogP contribution in [0.1, 0.15) is 38.5 Å². The zero-order valence-corrected chi connectivity index (χ0v) is 14.8. The van der Waals surface area contributed by atoms with Crippen molar-refractivity contribution in [1.29, 1.82) is 0 Å². The molecule has 0 aliphatic rings. The number of pyridine rings is 1. The van der Waals surface area contributed by atoms with Crippen molar-refractivity contribution in [3.63, 3.8) is 0 Å². The number of aromatic nitrogens is 1. The standard InChI is InChI=1S/C19H23N3O3/c1-13-10-14(2)12-15(11-13)21-19(24)17-7-4-6-16(22-17)18(23)20-8-5-9-25-3/h4,6-7,10-12H,5,8-9H2,1-3H3,(H,20,23)(H,21,24). The van der Waals surface area contributed by atoms with Crippen molar-refractivity contribution in [3.8, 4) is 0 Å². The molecular weight excluding hydrogens is 318 g/mol. The third kappa shape index (κ3) is 5.69. The van der Waals surface area contributed by atoms with E-state index in [-0.39, 0.29) is 23.2 Å². The van der Waals surface area contributed by atoms with E-state index in [1.165, 1.54) is 0 Å². The van der Waals surface area contributed by atoms with Crippen LogP contribution in [0.2, 0.25) is 0 Å². The Hall–Kier alpha value is -2.73.